The van der Waals surface area contributed by atoms with E-state index in [0.717, 1.165) is 19.5 Å². The van der Waals surface area contributed by atoms with Gasteiger partial charge in [0.05, 0.1) is 0 Å². The second-order valence-corrected chi connectivity index (χ2v) is 7.35. The number of rotatable bonds is 10. The summed E-state index contributed by atoms with van der Waals surface area (Å²) in [6, 6.07) is 23.8. The molecule has 0 aliphatic heterocycles. The van der Waals surface area contributed by atoms with Crippen LogP contribution in [-0.4, -0.2) is 36.9 Å². The number of ether oxygens (including phenoxy) is 1. The van der Waals surface area contributed by atoms with Crippen LogP contribution in [0.15, 0.2) is 78.9 Å². The molecule has 0 saturated heterocycles. The van der Waals surface area contributed by atoms with Gasteiger partial charge < -0.3 is 20.7 Å². The summed E-state index contributed by atoms with van der Waals surface area (Å²) >= 11 is 0. The van der Waals surface area contributed by atoms with Crippen LogP contribution in [0.3, 0.4) is 0 Å². The third-order valence-corrected chi connectivity index (χ3v) is 4.79. The molecule has 0 aliphatic carbocycles. The average Bonchev–Trinajstić information content (AvgIpc) is 2.78. The Morgan fingerprint density at radius 2 is 1.45 bits per heavy atom. The van der Waals surface area contributed by atoms with E-state index in [1.165, 1.54) is 5.56 Å². The lowest BCUT2D eigenvalue weighted by molar-refractivity contribution is 0.0950. The Kier molecular flexibility index (Phi) is 7.79. The van der Waals surface area contributed by atoms with Crippen LogP contribution >= 0.6 is 0 Å². The number of primary amides is 1. The number of nitrogens with one attached hydrogen (secondary N) is 1. The van der Waals surface area contributed by atoms with Crippen LogP contribution in [0, 0.1) is 0 Å². The highest BCUT2D eigenvalue weighted by atomic mass is 16.5. The van der Waals surface area contributed by atoms with E-state index in [4.69, 9.17) is 10.5 Å². The Morgan fingerprint density at radius 3 is 2.03 bits per heavy atom. The molecule has 0 aliphatic rings. The molecule has 31 heavy (non-hydrogen) atoms. The molecule has 3 rings (SSSR count). The third kappa shape index (κ3) is 6.97. The maximum absolute atomic E-state index is 12.3. The summed E-state index contributed by atoms with van der Waals surface area (Å²) in [6.07, 6.45) is 0.873. The van der Waals surface area contributed by atoms with Gasteiger partial charge in [0.25, 0.3) is 5.91 Å². The molecule has 0 heterocycles. The summed E-state index contributed by atoms with van der Waals surface area (Å²) in [7, 11) is 2.08. The van der Waals surface area contributed by atoms with Crippen molar-refractivity contribution in [2.24, 2.45) is 5.73 Å². The van der Waals surface area contributed by atoms with Gasteiger partial charge in [-0.2, -0.15) is 0 Å². The van der Waals surface area contributed by atoms with E-state index >= 15 is 0 Å². The van der Waals surface area contributed by atoms with E-state index in [1.807, 2.05) is 18.2 Å². The van der Waals surface area contributed by atoms with Crippen LogP contribution in [0.1, 0.15) is 32.7 Å². The highest BCUT2D eigenvalue weighted by Crippen LogP contribution is 2.22. The zero-order valence-corrected chi connectivity index (χ0v) is 17.6. The summed E-state index contributed by atoms with van der Waals surface area (Å²) in [6.45, 7) is 2.40. The average molecular weight is 418 g/mol. The van der Waals surface area contributed by atoms with Gasteiger partial charge in [-0.3, -0.25) is 9.59 Å². The van der Waals surface area contributed by atoms with Gasteiger partial charge in [0.2, 0.25) is 5.91 Å². The van der Waals surface area contributed by atoms with Crippen LogP contribution in [0.4, 0.5) is 0 Å². The van der Waals surface area contributed by atoms with Gasteiger partial charge in [0, 0.05) is 24.2 Å². The molecule has 0 aromatic heterocycles. The molecule has 0 bridgehead atoms. The van der Waals surface area contributed by atoms with E-state index in [1.54, 1.807) is 48.5 Å². The van der Waals surface area contributed by atoms with Crippen LogP contribution in [0.2, 0.25) is 0 Å². The van der Waals surface area contributed by atoms with Crippen molar-refractivity contribution in [3.63, 3.8) is 0 Å². The van der Waals surface area contributed by atoms with Crippen LogP contribution in [-0.2, 0) is 6.54 Å². The van der Waals surface area contributed by atoms with Gasteiger partial charge in [0.15, 0.2) is 0 Å². The van der Waals surface area contributed by atoms with Crippen molar-refractivity contribution in [2.45, 2.75) is 13.0 Å². The normalized spacial score (nSPS) is 10.6. The minimum atomic E-state index is -0.482. The van der Waals surface area contributed by atoms with E-state index in [-0.39, 0.29) is 5.91 Å². The Balaban J connectivity index is 1.41. The summed E-state index contributed by atoms with van der Waals surface area (Å²) in [4.78, 5) is 25.7. The molecular weight excluding hydrogens is 390 g/mol. The molecule has 0 unspecified atom stereocenters. The number of nitrogens with two attached hydrogens (primary N) is 1. The van der Waals surface area contributed by atoms with Gasteiger partial charge in [-0.05, 0) is 74.1 Å². The van der Waals surface area contributed by atoms with Crippen molar-refractivity contribution in [1.82, 2.24) is 10.2 Å². The number of nitrogens with zero attached hydrogens (tertiary/aromatic N) is 1. The Morgan fingerprint density at radius 1 is 0.871 bits per heavy atom. The van der Waals surface area contributed by atoms with Gasteiger partial charge in [0.1, 0.15) is 11.5 Å². The number of amides is 2. The number of benzene rings is 3. The fraction of sp³-hybridized carbons (Fsp3) is 0.200. The zero-order valence-electron chi connectivity index (χ0n) is 17.6. The highest BCUT2D eigenvalue weighted by molar-refractivity contribution is 5.94. The van der Waals surface area contributed by atoms with Crippen LogP contribution in [0.5, 0.6) is 11.5 Å². The Bertz CT molecular complexity index is 987. The van der Waals surface area contributed by atoms with Crippen molar-refractivity contribution < 1.29 is 14.3 Å². The monoisotopic (exact) mass is 417 g/mol. The fourth-order valence-corrected chi connectivity index (χ4v) is 3.12. The lowest BCUT2D eigenvalue weighted by Crippen LogP contribution is -2.28. The van der Waals surface area contributed by atoms with E-state index < -0.39 is 5.91 Å². The van der Waals surface area contributed by atoms with Gasteiger partial charge in [-0.15, -0.1) is 0 Å². The molecule has 6 heteroatoms. The molecule has 0 fully saturated rings. The first-order valence-electron chi connectivity index (χ1n) is 10.2. The minimum absolute atomic E-state index is 0.108. The van der Waals surface area contributed by atoms with Crippen LogP contribution in [0.25, 0.3) is 0 Å². The lowest BCUT2D eigenvalue weighted by Gasteiger charge is -2.16. The van der Waals surface area contributed by atoms with Crippen molar-refractivity contribution in [3.8, 4) is 11.5 Å². The predicted molar refractivity (Wildman–Crippen MR) is 121 cm³/mol. The Labute approximate surface area is 182 Å². The molecule has 3 aromatic carbocycles. The van der Waals surface area contributed by atoms with Crippen molar-refractivity contribution in [2.75, 3.05) is 20.1 Å². The molecule has 6 nitrogen and oxygen atoms in total. The van der Waals surface area contributed by atoms with Crippen LogP contribution < -0.4 is 15.8 Å². The van der Waals surface area contributed by atoms with Gasteiger partial charge in [-0.25, -0.2) is 0 Å². The molecule has 0 saturated carbocycles. The number of hydrogen-bond donors (Lipinski definition) is 2. The fourth-order valence-electron chi connectivity index (χ4n) is 3.12. The van der Waals surface area contributed by atoms with Gasteiger partial charge >= 0.3 is 0 Å². The molecule has 0 atom stereocenters. The topological polar surface area (TPSA) is 84.7 Å². The van der Waals surface area contributed by atoms with Crippen molar-refractivity contribution in [1.29, 1.82) is 0 Å². The molecule has 0 spiro atoms. The largest absolute Gasteiger partial charge is 0.457 e. The molecule has 3 aromatic rings. The first-order valence-corrected chi connectivity index (χ1v) is 10.2. The highest BCUT2D eigenvalue weighted by Gasteiger charge is 2.07. The van der Waals surface area contributed by atoms with E-state index in [9.17, 15) is 9.59 Å². The number of carbonyl (C=O) groups is 2. The number of carbonyl (C=O) groups excluding carboxylic acids is 2. The maximum Gasteiger partial charge on any atom is 0.251 e. The summed E-state index contributed by atoms with van der Waals surface area (Å²) in [5.74, 6) is 0.598. The predicted octanol–water partition coefficient (Wildman–Crippen LogP) is 3.83. The first kappa shape index (κ1) is 22.1. The number of hydrogen-bond acceptors (Lipinski definition) is 4. The molecule has 2 amide bonds. The first-order chi connectivity index (χ1) is 15.0. The van der Waals surface area contributed by atoms with E-state index in [2.05, 4.69) is 29.4 Å². The molecule has 0 radical (unpaired) electrons. The molecule has 3 N–H and O–H groups in total. The zero-order chi connectivity index (χ0) is 22.1. The SMILES string of the molecule is CN(CCCNC(=O)c1ccc(Oc2ccc(C(N)=O)cc2)cc1)Cc1ccccc1. The van der Waals surface area contributed by atoms with Crippen molar-refractivity contribution >= 4 is 11.8 Å². The summed E-state index contributed by atoms with van der Waals surface area (Å²) in [5, 5.41) is 2.95. The lowest BCUT2D eigenvalue weighted by atomic mass is 10.2. The van der Waals surface area contributed by atoms with Gasteiger partial charge in [-0.1, -0.05) is 30.3 Å². The standard InChI is InChI=1S/C25H27N3O3/c1-28(18-19-6-3-2-4-7-19)17-5-16-27-25(30)21-10-14-23(15-11-21)31-22-12-8-20(9-13-22)24(26)29/h2-4,6-15H,5,16-18H2,1H3,(H2,26,29)(H,27,30). The molecule has 160 valence electrons. The Hall–Kier alpha value is -3.64. The molecular formula is C25H27N3O3. The summed E-state index contributed by atoms with van der Waals surface area (Å²) in [5.41, 5.74) is 7.51. The smallest absolute Gasteiger partial charge is 0.251 e. The quantitative estimate of drug-likeness (QED) is 0.491. The second kappa shape index (κ2) is 10.9. The minimum Gasteiger partial charge on any atom is -0.457 e. The van der Waals surface area contributed by atoms with E-state index in [0.29, 0.717) is 29.2 Å². The summed E-state index contributed by atoms with van der Waals surface area (Å²) < 4.78 is 5.73. The third-order valence-electron chi connectivity index (χ3n) is 4.79. The maximum atomic E-state index is 12.3. The second-order valence-electron chi connectivity index (χ2n) is 7.35. The van der Waals surface area contributed by atoms with Crippen molar-refractivity contribution in [3.05, 3.63) is 95.6 Å².